The number of aromatic nitrogens is 2. The number of rotatable bonds is 24. The maximum atomic E-state index is 14.0. The van der Waals surface area contributed by atoms with Crippen molar-refractivity contribution < 1.29 is 38.3 Å². The number of benzene rings is 2. The van der Waals surface area contributed by atoms with Gasteiger partial charge in [-0.05, 0) is 93.0 Å². The van der Waals surface area contributed by atoms with Gasteiger partial charge in [0, 0.05) is 87.8 Å². The predicted octanol–water partition coefficient (Wildman–Crippen LogP) is 6.48. The number of halogens is 1. The van der Waals surface area contributed by atoms with Crippen molar-refractivity contribution in [3.63, 3.8) is 0 Å². The van der Waals surface area contributed by atoms with Crippen LogP contribution in [-0.4, -0.2) is 142 Å². The zero-order valence-electron chi connectivity index (χ0n) is 45.0. The molecule has 1 unspecified atom stereocenters. The van der Waals surface area contributed by atoms with Crippen molar-refractivity contribution in [1.82, 2.24) is 45.9 Å². The Bertz CT molecular complexity index is 2720. The monoisotopic (exact) mass is 1060 g/mol. The highest BCUT2D eigenvalue weighted by molar-refractivity contribution is 7.13. The fourth-order valence-electron chi connectivity index (χ4n) is 10.3. The van der Waals surface area contributed by atoms with Crippen molar-refractivity contribution in [2.45, 2.75) is 130 Å². The molecule has 3 atom stereocenters. The number of aromatic amines is 1. The maximum absolute atomic E-state index is 14.0. The summed E-state index contributed by atoms with van der Waals surface area (Å²) >= 11 is 1.58. The lowest BCUT2D eigenvalue weighted by Crippen LogP contribution is -2.57. The third kappa shape index (κ3) is 15.4. The number of nitrogens with zero attached hydrogens (tertiary/aromatic N) is 4. The second-order valence-electron chi connectivity index (χ2n) is 21.6. The van der Waals surface area contributed by atoms with Crippen molar-refractivity contribution in [2.75, 3.05) is 64.2 Å². The van der Waals surface area contributed by atoms with E-state index < -0.39 is 29.4 Å². The minimum Gasteiger partial charge on any atom is -0.391 e. The van der Waals surface area contributed by atoms with E-state index in [1.807, 2.05) is 71.3 Å². The van der Waals surface area contributed by atoms with Gasteiger partial charge in [-0.2, -0.15) is 0 Å². The molecule has 2 fully saturated rings. The van der Waals surface area contributed by atoms with E-state index in [9.17, 15) is 38.3 Å². The Balaban J connectivity index is 0.705. The second kappa shape index (κ2) is 26.7. The van der Waals surface area contributed by atoms with E-state index in [1.54, 1.807) is 17.4 Å². The summed E-state index contributed by atoms with van der Waals surface area (Å²) in [4.78, 5) is 93.8. The topological polar surface area (TPSA) is 221 Å². The molecule has 410 valence electrons. The predicted molar refractivity (Wildman–Crippen MR) is 295 cm³/mol. The van der Waals surface area contributed by atoms with Gasteiger partial charge in [0.2, 0.25) is 23.6 Å². The number of hydrogen-bond donors (Lipinski definition) is 7. The van der Waals surface area contributed by atoms with Crippen LogP contribution in [0.4, 0.5) is 10.1 Å². The zero-order valence-corrected chi connectivity index (χ0v) is 45.9. The number of hydrogen-bond acceptors (Lipinski definition) is 11. The first-order valence-corrected chi connectivity index (χ1v) is 27.8. The van der Waals surface area contributed by atoms with E-state index in [0.717, 1.165) is 99.4 Å². The molecule has 0 spiro atoms. The van der Waals surface area contributed by atoms with E-state index in [0.29, 0.717) is 71.8 Å². The number of anilines is 1. The first-order valence-electron chi connectivity index (χ1n) is 26.9. The molecular weight excluding hydrogens is 988 g/mol. The Kier molecular flexibility index (Phi) is 20.1. The molecule has 2 aromatic carbocycles. The molecule has 2 aromatic heterocycles. The van der Waals surface area contributed by atoms with Crippen molar-refractivity contribution in [3.05, 3.63) is 93.1 Å². The van der Waals surface area contributed by atoms with Gasteiger partial charge >= 0.3 is 0 Å². The molecule has 0 aliphatic carbocycles. The fourth-order valence-corrected chi connectivity index (χ4v) is 11.1. The summed E-state index contributed by atoms with van der Waals surface area (Å²) in [5, 5.41) is 25.4. The molecule has 17 nitrogen and oxygen atoms in total. The third-order valence-corrected chi connectivity index (χ3v) is 15.6. The van der Waals surface area contributed by atoms with E-state index in [-0.39, 0.29) is 55.0 Å². The molecule has 5 heterocycles. The number of aliphatic hydroxyl groups is 1. The number of carbonyl (C=O) groups excluding carboxylic acids is 6. The largest absolute Gasteiger partial charge is 0.391 e. The molecule has 6 amide bonds. The number of aryl methyl sites for hydroxylation is 2. The van der Waals surface area contributed by atoms with Crippen LogP contribution in [0.5, 0.6) is 0 Å². The number of piperazine rings is 1. The average Bonchev–Trinajstić information content (AvgIpc) is 4.16. The zero-order chi connectivity index (χ0) is 54.5. The van der Waals surface area contributed by atoms with Crippen LogP contribution in [-0.2, 0) is 30.5 Å². The molecule has 3 aliphatic rings. The molecular formula is C57H77FN10O7S. The Hall–Kier alpha value is -6.28. The van der Waals surface area contributed by atoms with Crippen LogP contribution in [0.3, 0.4) is 0 Å². The molecule has 7 N–H and O–H groups in total. The number of likely N-dealkylation sites (tertiary alicyclic amines) is 1. The van der Waals surface area contributed by atoms with Crippen LogP contribution in [0.25, 0.3) is 22.1 Å². The van der Waals surface area contributed by atoms with Gasteiger partial charge in [-0.1, -0.05) is 77.1 Å². The number of unbranched alkanes of at least 4 members (excludes halogenated alkanes) is 6. The van der Waals surface area contributed by atoms with Gasteiger partial charge in [0.25, 0.3) is 11.8 Å². The van der Waals surface area contributed by atoms with Gasteiger partial charge in [0.05, 0.1) is 39.9 Å². The van der Waals surface area contributed by atoms with E-state index in [2.05, 4.69) is 46.4 Å². The number of carbonyl (C=O) groups is 6. The molecule has 4 aromatic rings. The van der Waals surface area contributed by atoms with Gasteiger partial charge in [0.15, 0.2) is 0 Å². The van der Waals surface area contributed by atoms with Crippen molar-refractivity contribution in [1.29, 1.82) is 0 Å². The molecule has 7 rings (SSSR count). The summed E-state index contributed by atoms with van der Waals surface area (Å²) in [7, 11) is 0. The van der Waals surface area contributed by atoms with Gasteiger partial charge in [0.1, 0.15) is 17.9 Å². The number of fused-ring (bicyclic) bond motifs is 1. The van der Waals surface area contributed by atoms with Gasteiger partial charge in [-0.15, -0.1) is 11.3 Å². The first-order chi connectivity index (χ1) is 36.4. The normalized spacial score (nSPS) is 17.9. The smallest absolute Gasteiger partial charge is 0.256 e. The standard InChI is InChI=1S/C57H77FN10O7S/c1-36-46(31-44-43-29-41(58)20-21-45(43)64-53(44)72)63-37(2)50(36)55(74)60-23-14-24-66-25-27-67(28-26-66)34-49(71)59-22-13-11-9-7-8-10-12-15-48(70)65-52(57(4,5)6)56(75)68-33-42(69)30-47(68)54(73)61-32-39-16-18-40(19-17-39)51-38(3)62-35-76-51/h16-21,29,31,35,42,47,52,63,69H,7-15,22-28,30,32-34H2,1-6H3,(H,59,71)(H,60,74)(H,61,73)(H,64,72)(H,65,70)/b44-31-/t42-,47+,52?/m1/s1. The highest BCUT2D eigenvalue weighted by Crippen LogP contribution is 2.35. The van der Waals surface area contributed by atoms with Crippen molar-refractivity contribution >= 4 is 64.1 Å². The number of thiazole rings is 1. The van der Waals surface area contributed by atoms with Crippen LogP contribution in [0, 0.1) is 32.0 Å². The van der Waals surface area contributed by atoms with Crippen molar-refractivity contribution in [2.24, 2.45) is 5.41 Å². The summed E-state index contributed by atoms with van der Waals surface area (Å²) in [5.41, 5.74) is 8.06. The van der Waals surface area contributed by atoms with Crippen LogP contribution in [0.15, 0.2) is 48.0 Å². The number of amides is 6. The van der Waals surface area contributed by atoms with Gasteiger partial charge in [-0.3, -0.25) is 33.7 Å². The SMILES string of the molecule is Cc1ncsc1-c1ccc(CNC(=O)[C@@H]2C[C@@H](O)CN2C(=O)C(NC(=O)CCCCCCCCCNC(=O)CN2CCN(CCCNC(=O)c3c(C)[nH]c(/C=C4\C(=O)Nc5ccc(F)cc54)c3C)CC2)C(C)(C)C)cc1. The van der Waals surface area contributed by atoms with E-state index in [1.165, 1.54) is 23.1 Å². The molecule has 0 bridgehead atoms. The van der Waals surface area contributed by atoms with Crippen LogP contribution in [0.2, 0.25) is 0 Å². The molecule has 3 aliphatic heterocycles. The summed E-state index contributed by atoms with van der Waals surface area (Å²) < 4.78 is 14.0. The van der Waals surface area contributed by atoms with Gasteiger partial charge < -0.3 is 46.5 Å². The quantitative estimate of drug-likeness (QED) is 0.0299. The third-order valence-electron chi connectivity index (χ3n) is 14.6. The highest BCUT2D eigenvalue weighted by Gasteiger charge is 2.44. The minimum absolute atomic E-state index is 0.0229. The van der Waals surface area contributed by atoms with E-state index in [4.69, 9.17) is 0 Å². The lowest BCUT2D eigenvalue weighted by molar-refractivity contribution is -0.144. The lowest BCUT2D eigenvalue weighted by Gasteiger charge is -2.35. The molecule has 19 heteroatoms. The Morgan fingerprint density at radius 1 is 0.868 bits per heavy atom. The summed E-state index contributed by atoms with van der Waals surface area (Å²) in [6.07, 6.45) is 8.55. The first kappa shape index (κ1) is 57.4. The molecule has 0 saturated carbocycles. The maximum Gasteiger partial charge on any atom is 0.256 e. The van der Waals surface area contributed by atoms with Crippen LogP contribution < -0.4 is 26.6 Å². The fraction of sp³-hybridized carbons (Fsp3) is 0.526. The number of aliphatic hydroxyl groups excluding tert-OH is 1. The minimum atomic E-state index is -0.863. The molecule has 2 saturated heterocycles. The summed E-state index contributed by atoms with van der Waals surface area (Å²) in [6, 6.07) is 10.4. The molecule has 76 heavy (non-hydrogen) atoms. The highest BCUT2D eigenvalue weighted by atomic mass is 32.1. The second-order valence-corrected chi connectivity index (χ2v) is 22.5. The summed E-state index contributed by atoms with van der Waals surface area (Å²) in [5.74, 6) is -1.83. The number of β-amino-alcohol motifs (C(OH)–C–C–N with tert-alkyl or cyclic N) is 1. The van der Waals surface area contributed by atoms with Crippen molar-refractivity contribution in [3.8, 4) is 10.4 Å². The van der Waals surface area contributed by atoms with E-state index >= 15 is 0 Å². The summed E-state index contributed by atoms with van der Waals surface area (Å²) in [6.45, 7) is 17.2. The Labute approximate surface area is 450 Å². The Morgan fingerprint density at radius 3 is 2.25 bits per heavy atom. The van der Waals surface area contributed by atoms with Crippen LogP contribution in [0.1, 0.15) is 129 Å². The molecule has 0 radical (unpaired) electrons. The van der Waals surface area contributed by atoms with Crippen LogP contribution >= 0.6 is 11.3 Å². The lowest BCUT2D eigenvalue weighted by atomic mass is 9.85. The Morgan fingerprint density at radius 2 is 1.55 bits per heavy atom. The number of nitrogens with one attached hydrogen (secondary N) is 6. The average molecular weight is 1070 g/mol. The number of H-pyrrole nitrogens is 1. The van der Waals surface area contributed by atoms with Gasteiger partial charge in [-0.25, -0.2) is 9.37 Å².